The molecule has 31 heavy (non-hydrogen) atoms. The van der Waals surface area contributed by atoms with E-state index in [1.54, 1.807) is 20.8 Å². The highest BCUT2D eigenvalue weighted by molar-refractivity contribution is 6.03. The number of H-pyrrole nitrogens is 1. The molecule has 1 aromatic heterocycles. The quantitative estimate of drug-likeness (QED) is 0.490. The number of carbonyl (C=O) groups is 2. The van der Waals surface area contributed by atoms with Gasteiger partial charge in [0.15, 0.2) is 5.78 Å². The van der Waals surface area contributed by atoms with Crippen molar-refractivity contribution in [1.82, 2.24) is 14.8 Å². The van der Waals surface area contributed by atoms with Gasteiger partial charge in [0.05, 0.1) is 23.9 Å². The number of benzene rings is 1. The van der Waals surface area contributed by atoms with E-state index in [4.69, 9.17) is 9.47 Å². The van der Waals surface area contributed by atoms with Gasteiger partial charge in [-0.15, -0.1) is 0 Å². The summed E-state index contributed by atoms with van der Waals surface area (Å²) in [5, 5.41) is 0. The third-order valence-electron chi connectivity index (χ3n) is 5.92. The van der Waals surface area contributed by atoms with Crippen LogP contribution in [-0.4, -0.2) is 78.5 Å². The number of rotatable bonds is 9. The Labute approximate surface area is 184 Å². The Bertz CT molecular complexity index is 886. The maximum Gasteiger partial charge on any atom is 0.340 e. The van der Waals surface area contributed by atoms with Crippen LogP contribution >= 0.6 is 0 Å². The molecule has 0 spiro atoms. The Morgan fingerprint density at radius 3 is 2.42 bits per heavy atom. The molecule has 0 radical (unpaired) electrons. The number of hydrogen-bond donors (Lipinski definition) is 1. The van der Waals surface area contributed by atoms with Crippen molar-refractivity contribution in [2.75, 3.05) is 45.9 Å². The lowest BCUT2D eigenvalue weighted by molar-refractivity contribution is 0.0525. The molecule has 2 aromatic rings. The molecular weight excluding hydrogens is 394 g/mol. The van der Waals surface area contributed by atoms with Crippen molar-refractivity contribution in [3.8, 4) is 5.75 Å². The van der Waals surface area contributed by atoms with Crippen molar-refractivity contribution in [1.29, 1.82) is 0 Å². The molecule has 7 nitrogen and oxygen atoms in total. The molecule has 0 bridgehead atoms. The van der Waals surface area contributed by atoms with Crippen LogP contribution in [0, 0.1) is 13.8 Å². The second-order valence-electron chi connectivity index (χ2n) is 7.92. The summed E-state index contributed by atoms with van der Waals surface area (Å²) < 4.78 is 10.9. The molecule has 3 rings (SSSR count). The third-order valence-corrected chi connectivity index (χ3v) is 5.92. The fourth-order valence-corrected chi connectivity index (χ4v) is 4.06. The molecule has 0 saturated carbocycles. The van der Waals surface area contributed by atoms with Crippen LogP contribution in [0.2, 0.25) is 0 Å². The molecule has 1 N–H and O–H groups in total. The summed E-state index contributed by atoms with van der Waals surface area (Å²) >= 11 is 0. The number of carbonyl (C=O) groups excluding carboxylic acids is 2. The Balaban J connectivity index is 1.52. The van der Waals surface area contributed by atoms with Crippen LogP contribution in [0.25, 0.3) is 0 Å². The largest absolute Gasteiger partial charge is 0.492 e. The topological polar surface area (TPSA) is 74.9 Å². The Hall–Kier alpha value is -2.64. The lowest BCUT2D eigenvalue weighted by Crippen LogP contribution is -2.52. The van der Waals surface area contributed by atoms with Crippen molar-refractivity contribution < 1.29 is 19.1 Å². The third kappa shape index (κ3) is 5.54. The molecule has 1 aromatic carbocycles. The van der Waals surface area contributed by atoms with E-state index in [1.807, 2.05) is 37.3 Å². The van der Waals surface area contributed by atoms with Gasteiger partial charge in [-0.25, -0.2) is 4.79 Å². The van der Waals surface area contributed by atoms with Crippen molar-refractivity contribution in [2.24, 2.45) is 0 Å². The first-order valence-electron chi connectivity index (χ1n) is 11.0. The number of piperazine rings is 1. The number of aromatic amines is 1. The van der Waals surface area contributed by atoms with Crippen molar-refractivity contribution in [2.45, 2.75) is 33.7 Å². The molecule has 1 fully saturated rings. The molecule has 1 aliphatic heterocycles. The van der Waals surface area contributed by atoms with Crippen LogP contribution < -0.4 is 4.74 Å². The molecule has 0 aliphatic carbocycles. The molecule has 168 valence electrons. The molecule has 0 amide bonds. The van der Waals surface area contributed by atoms with Gasteiger partial charge in [-0.2, -0.15) is 0 Å². The van der Waals surface area contributed by atoms with Gasteiger partial charge in [-0.3, -0.25) is 14.6 Å². The van der Waals surface area contributed by atoms with E-state index in [0.29, 0.717) is 35.7 Å². The zero-order valence-corrected chi connectivity index (χ0v) is 18.9. The number of aryl methyl sites for hydroxylation is 1. The van der Waals surface area contributed by atoms with Gasteiger partial charge < -0.3 is 14.5 Å². The second kappa shape index (κ2) is 10.6. The lowest BCUT2D eigenvalue weighted by atomic mass is 10.0. The van der Waals surface area contributed by atoms with Crippen molar-refractivity contribution in [3.63, 3.8) is 0 Å². The van der Waals surface area contributed by atoms with Crippen molar-refractivity contribution in [3.05, 3.63) is 52.8 Å². The van der Waals surface area contributed by atoms with Crippen LogP contribution in [0.5, 0.6) is 5.75 Å². The van der Waals surface area contributed by atoms with Gasteiger partial charge in [0.1, 0.15) is 12.4 Å². The van der Waals surface area contributed by atoms with Gasteiger partial charge in [0, 0.05) is 38.4 Å². The highest BCUT2D eigenvalue weighted by atomic mass is 16.5. The second-order valence-corrected chi connectivity index (χ2v) is 7.92. The van der Waals surface area contributed by atoms with E-state index >= 15 is 0 Å². The summed E-state index contributed by atoms with van der Waals surface area (Å²) in [4.78, 5) is 33.1. The SMILES string of the molecule is CCOC(=O)c1c(C)[nH]c(C(=O)[C@H](C)N2CCN(CCOc3ccccc3)CC2)c1C. The zero-order valence-electron chi connectivity index (χ0n) is 18.9. The van der Waals surface area contributed by atoms with Crippen LogP contribution in [0.3, 0.4) is 0 Å². The van der Waals surface area contributed by atoms with Gasteiger partial charge in [-0.1, -0.05) is 18.2 Å². The molecule has 1 atom stereocenters. The summed E-state index contributed by atoms with van der Waals surface area (Å²) in [5.74, 6) is 0.517. The Kier molecular flexibility index (Phi) is 7.87. The number of nitrogens with one attached hydrogen (secondary N) is 1. The van der Waals surface area contributed by atoms with Gasteiger partial charge in [0.25, 0.3) is 0 Å². The first-order chi connectivity index (χ1) is 14.9. The number of ether oxygens (including phenoxy) is 2. The van der Waals surface area contributed by atoms with E-state index in [2.05, 4.69) is 14.8 Å². The van der Waals surface area contributed by atoms with Crippen LogP contribution in [0.1, 0.15) is 46.0 Å². The van der Waals surface area contributed by atoms with E-state index in [1.165, 1.54) is 0 Å². The predicted molar refractivity (Wildman–Crippen MR) is 120 cm³/mol. The average Bonchev–Trinajstić information content (AvgIpc) is 3.08. The standard InChI is InChI=1S/C24H33N3O4/c1-5-30-24(29)21-17(2)22(25-18(21)3)23(28)19(4)27-13-11-26(12-14-27)15-16-31-20-9-7-6-8-10-20/h6-10,19,25H,5,11-16H2,1-4H3/t19-/m0/s1. The number of para-hydroxylation sites is 1. The maximum absolute atomic E-state index is 13.2. The maximum atomic E-state index is 13.2. The smallest absolute Gasteiger partial charge is 0.340 e. The minimum atomic E-state index is -0.383. The molecule has 2 heterocycles. The molecule has 0 unspecified atom stereocenters. The van der Waals surface area contributed by atoms with E-state index < -0.39 is 0 Å². The van der Waals surface area contributed by atoms with E-state index in [0.717, 1.165) is 38.5 Å². The highest BCUT2D eigenvalue weighted by Crippen LogP contribution is 2.22. The Morgan fingerprint density at radius 2 is 1.77 bits per heavy atom. The fourth-order valence-electron chi connectivity index (χ4n) is 4.06. The summed E-state index contributed by atoms with van der Waals surface area (Å²) in [6, 6.07) is 9.58. The van der Waals surface area contributed by atoms with Gasteiger partial charge in [-0.05, 0) is 45.4 Å². The number of esters is 1. The lowest BCUT2D eigenvalue weighted by Gasteiger charge is -2.37. The van der Waals surface area contributed by atoms with Crippen molar-refractivity contribution >= 4 is 11.8 Å². The predicted octanol–water partition coefficient (Wildman–Crippen LogP) is 3.08. The molecule has 1 aliphatic rings. The van der Waals surface area contributed by atoms with Gasteiger partial charge in [0.2, 0.25) is 0 Å². The summed E-state index contributed by atoms with van der Waals surface area (Å²) in [7, 11) is 0. The highest BCUT2D eigenvalue weighted by Gasteiger charge is 2.30. The normalized spacial score (nSPS) is 16.1. The number of ketones is 1. The number of Topliss-reactive ketones (excluding diaryl/α,β-unsaturated/α-hetero) is 1. The summed E-state index contributed by atoms with van der Waals surface area (Å²) in [5.41, 5.74) is 2.33. The summed E-state index contributed by atoms with van der Waals surface area (Å²) in [6.45, 7) is 12.6. The minimum absolute atomic E-state index is 0.0111. The fraction of sp³-hybridized carbons (Fsp3) is 0.500. The van der Waals surface area contributed by atoms with Crippen LogP contribution in [0.15, 0.2) is 30.3 Å². The van der Waals surface area contributed by atoms with E-state index in [-0.39, 0.29) is 17.8 Å². The van der Waals surface area contributed by atoms with Crippen LogP contribution in [0.4, 0.5) is 0 Å². The molecular formula is C24H33N3O4. The van der Waals surface area contributed by atoms with E-state index in [9.17, 15) is 9.59 Å². The zero-order chi connectivity index (χ0) is 22.4. The first kappa shape index (κ1) is 23.0. The van der Waals surface area contributed by atoms with Gasteiger partial charge >= 0.3 is 5.97 Å². The number of aromatic nitrogens is 1. The summed E-state index contributed by atoms with van der Waals surface area (Å²) in [6.07, 6.45) is 0. The molecule has 1 saturated heterocycles. The molecule has 7 heteroatoms. The number of hydrogen-bond acceptors (Lipinski definition) is 6. The first-order valence-corrected chi connectivity index (χ1v) is 11.0. The monoisotopic (exact) mass is 427 g/mol. The van der Waals surface area contributed by atoms with Crippen LogP contribution in [-0.2, 0) is 4.74 Å². The number of nitrogens with zero attached hydrogens (tertiary/aromatic N) is 2. The average molecular weight is 428 g/mol. The minimum Gasteiger partial charge on any atom is -0.492 e. The Morgan fingerprint density at radius 1 is 1.10 bits per heavy atom.